The quantitative estimate of drug-likeness (QED) is 0.691. The van der Waals surface area contributed by atoms with Crippen molar-refractivity contribution in [3.05, 3.63) is 16.8 Å². The number of thioether (sulfide) groups is 1. The molecule has 126 valence electrons. The van der Waals surface area contributed by atoms with Gasteiger partial charge >= 0.3 is 0 Å². The number of primary amides is 1. The second-order valence-electron chi connectivity index (χ2n) is 4.94. The standard InChI is InChI=1S/C15H18N6O2S/c1-10-11(2)19-20-15(13(10)14(18)23)24-9-12(22)21(7-3-5-16)8-4-6-17/h3-4,7-9H2,1-2H3,(H2,18,23). The molecule has 0 aliphatic rings. The maximum absolute atomic E-state index is 12.3. The van der Waals surface area contributed by atoms with Gasteiger partial charge < -0.3 is 10.6 Å². The Labute approximate surface area is 144 Å². The van der Waals surface area contributed by atoms with E-state index in [4.69, 9.17) is 16.3 Å². The summed E-state index contributed by atoms with van der Waals surface area (Å²) in [5.74, 6) is -0.832. The lowest BCUT2D eigenvalue weighted by molar-refractivity contribution is -0.128. The number of aromatic nitrogens is 2. The molecule has 0 atom stereocenters. The number of nitriles is 2. The van der Waals surface area contributed by atoms with Crippen LogP contribution in [-0.4, -0.2) is 45.8 Å². The van der Waals surface area contributed by atoms with Gasteiger partial charge in [0.2, 0.25) is 5.91 Å². The van der Waals surface area contributed by atoms with E-state index in [0.29, 0.717) is 16.3 Å². The van der Waals surface area contributed by atoms with Crippen LogP contribution < -0.4 is 5.73 Å². The SMILES string of the molecule is Cc1nnc(SCC(=O)N(CCC#N)CCC#N)c(C(N)=O)c1C. The van der Waals surface area contributed by atoms with E-state index in [2.05, 4.69) is 10.2 Å². The Hall–Kier alpha value is -2.65. The fourth-order valence-electron chi connectivity index (χ4n) is 1.93. The Morgan fingerprint density at radius 3 is 2.25 bits per heavy atom. The minimum Gasteiger partial charge on any atom is -0.366 e. The van der Waals surface area contributed by atoms with Crippen LogP contribution in [0.1, 0.15) is 34.5 Å². The molecule has 1 aromatic rings. The van der Waals surface area contributed by atoms with Gasteiger partial charge in [0, 0.05) is 13.1 Å². The van der Waals surface area contributed by atoms with Crippen LogP contribution in [0, 0.1) is 36.5 Å². The third-order valence-corrected chi connectivity index (χ3v) is 4.29. The van der Waals surface area contributed by atoms with E-state index in [1.807, 2.05) is 12.1 Å². The van der Waals surface area contributed by atoms with Gasteiger partial charge in [0.05, 0.1) is 42.0 Å². The molecule has 1 heterocycles. The summed E-state index contributed by atoms with van der Waals surface area (Å²) >= 11 is 1.07. The van der Waals surface area contributed by atoms with Crippen LogP contribution in [0.2, 0.25) is 0 Å². The molecule has 0 spiro atoms. The minimum absolute atomic E-state index is 0.0221. The highest BCUT2D eigenvalue weighted by Gasteiger charge is 2.19. The molecule has 0 aliphatic carbocycles. The van der Waals surface area contributed by atoms with Crippen LogP contribution in [0.25, 0.3) is 0 Å². The van der Waals surface area contributed by atoms with E-state index in [1.54, 1.807) is 13.8 Å². The molecule has 0 aliphatic heterocycles. The molecule has 8 nitrogen and oxygen atoms in total. The van der Waals surface area contributed by atoms with Gasteiger partial charge in [-0.05, 0) is 19.4 Å². The smallest absolute Gasteiger partial charge is 0.251 e. The van der Waals surface area contributed by atoms with Gasteiger partial charge in [-0.2, -0.15) is 15.6 Å². The van der Waals surface area contributed by atoms with Crippen LogP contribution in [-0.2, 0) is 4.79 Å². The Morgan fingerprint density at radius 2 is 1.75 bits per heavy atom. The van der Waals surface area contributed by atoms with Crippen molar-refractivity contribution in [1.29, 1.82) is 10.5 Å². The molecule has 9 heteroatoms. The van der Waals surface area contributed by atoms with Crippen molar-refractivity contribution in [3.8, 4) is 12.1 Å². The number of hydrogen-bond acceptors (Lipinski definition) is 7. The zero-order chi connectivity index (χ0) is 18.1. The van der Waals surface area contributed by atoms with Gasteiger partial charge in [-0.15, -0.1) is 5.10 Å². The zero-order valence-electron chi connectivity index (χ0n) is 13.6. The van der Waals surface area contributed by atoms with E-state index < -0.39 is 5.91 Å². The number of nitrogens with two attached hydrogens (primary N) is 1. The molecule has 1 rings (SSSR count). The van der Waals surface area contributed by atoms with Crippen molar-refractivity contribution in [1.82, 2.24) is 15.1 Å². The largest absolute Gasteiger partial charge is 0.366 e. The minimum atomic E-state index is -0.619. The maximum Gasteiger partial charge on any atom is 0.251 e. The summed E-state index contributed by atoms with van der Waals surface area (Å²) in [5.41, 5.74) is 6.90. The lowest BCUT2D eigenvalue weighted by atomic mass is 10.1. The topological polar surface area (TPSA) is 137 Å². The summed E-state index contributed by atoms with van der Waals surface area (Å²) in [4.78, 5) is 25.4. The summed E-state index contributed by atoms with van der Waals surface area (Å²) in [7, 11) is 0. The van der Waals surface area contributed by atoms with Crippen molar-refractivity contribution in [2.45, 2.75) is 31.7 Å². The monoisotopic (exact) mass is 346 g/mol. The van der Waals surface area contributed by atoms with Crippen molar-refractivity contribution in [2.75, 3.05) is 18.8 Å². The number of carbonyl (C=O) groups is 2. The Morgan fingerprint density at radius 1 is 1.17 bits per heavy atom. The molecule has 2 N–H and O–H groups in total. The molecule has 0 saturated carbocycles. The van der Waals surface area contributed by atoms with Gasteiger partial charge in [-0.1, -0.05) is 11.8 Å². The average molecular weight is 346 g/mol. The summed E-state index contributed by atoms with van der Waals surface area (Å²) in [6, 6.07) is 3.95. The lowest BCUT2D eigenvalue weighted by Crippen LogP contribution is -2.34. The molecule has 24 heavy (non-hydrogen) atoms. The predicted octanol–water partition coefficient (Wildman–Crippen LogP) is 0.940. The van der Waals surface area contributed by atoms with E-state index >= 15 is 0 Å². The molecule has 2 amide bonds. The van der Waals surface area contributed by atoms with E-state index in [9.17, 15) is 9.59 Å². The van der Waals surface area contributed by atoms with Crippen molar-refractivity contribution >= 4 is 23.6 Å². The summed E-state index contributed by atoms with van der Waals surface area (Å²) < 4.78 is 0. The van der Waals surface area contributed by atoms with Crippen LogP contribution in [0.15, 0.2) is 5.03 Å². The summed E-state index contributed by atoms with van der Waals surface area (Å²) in [6.45, 7) is 3.97. The van der Waals surface area contributed by atoms with Gasteiger partial charge in [-0.25, -0.2) is 0 Å². The van der Waals surface area contributed by atoms with Gasteiger partial charge in [0.15, 0.2) is 0 Å². The highest BCUT2D eigenvalue weighted by atomic mass is 32.2. The molecule has 0 bridgehead atoms. The molecule has 0 fully saturated rings. The Kier molecular flexibility index (Phi) is 7.66. The van der Waals surface area contributed by atoms with E-state index in [-0.39, 0.29) is 43.2 Å². The molecule has 0 aromatic carbocycles. The number of rotatable bonds is 8. The van der Waals surface area contributed by atoms with Crippen LogP contribution in [0.4, 0.5) is 0 Å². The summed E-state index contributed by atoms with van der Waals surface area (Å²) in [6.07, 6.45) is 0.385. The maximum atomic E-state index is 12.3. The lowest BCUT2D eigenvalue weighted by Gasteiger charge is -2.20. The molecular weight excluding hydrogens is 328 g/mol. The molecule has 1 aromatic heterocycles. The number of hydrogen-bond donors (Lipinski definition) is 1. The predicted molar refractivity (Wildman–Crippen MR) is 87.8 cm³/mol. The zero-order valence-corrected chi connectivity index (χ0v) is 14.4. The Balaban J connectivity index is 2.85. The number of nitrogens with zero attached hydrogens (tertiary/aromatic N) is 5. The third-order valence-electron chi connectivity index (χ3n) is 3.34. The van der Waals surface area contributed by atoms with Crippen LogP contribution in [0.3, 0.4) is 0 Å². The molecule has 0 unspecified atom stereocenters. The first-order valence-electron chi connectivity index (χ1n) is 7.20. The number of carbonyl (C=O) groups excluding carboxylic acids is 2. The first-order chi connectivity index (χ1) is 11.4. The molecule has 0 saturated heterocycles. The second kappa shape index (κ2) is 9.48. The van der Waals surface area contributed by atoms with Crippen molar-refractivity contribution in [3.63, 3.8) is 0 Å². The van der Waals surface area contributed by atoms with E-state index in [0.717, 1.165) is 11.8 Å². The summed E-state index contributed by atoms with van der Waals surface area (Å²) in [5, 5.41) is 25.5. The first-order valence-corrected chi connectivity index (χ1v) is 8.19. The van der Waals surface area contributed by atoms with Crippen LogP contribution in [0.5, 0.6) is 0 Å². The molecular formula is C15H18N6O2S. The molecule has 0 radical (unpaired) electrons. The van der Waals surface area contributed by atoms with Crippen molar-refractivity contribution in [2.24, 2.45) is 5.73 Å². The normalized spacial score (nSPS) is 9.83. The second-order valence-corrected chi connectivity index (χ2v) is 5.90. The van der Waals surface area contributed by atoms with Crippen LogP contribution >= 0.6 is 11.8 Å². The fraction of sp³-hybridized carbons (Fsp3) is 0.467. The highest BCUT2D eigenvalue weighted by Crippen LogP contribution is 2.23. The van der Waals surface area contributed by atoms with Crippen molar-refractivity contribution < 1.29 is 9.59 Å². The number of aryl methyl sites for hydroxylation is 1. The van der Waals surface area contributed by atoms with Gasteiger partial charge in [0.1, 0.15) is 5.03 Å². The Bertz CT molecular complexity index is 689. The number of amides is 2. The van der Waals surface area contributed by atoms with E-state index in [1.165, 1.54) is 4.90 Å². The van der Waals surface area contributed by atoms with Gasteiger partial charge in [0.25, 0.3) is 5.91 Å². The third kappa shape index (κ3) is 5.21. The van der Waals surface area contributed by atoms with Gasteiger partial charge in [-0.3, -0.25) is 9.59 Å². The fourth-order valence-corrected chi connectivity index (χ4v) is 2.87. The first kappa shape index (κ1) is 19.4. The average Bonchev–Trinajstić information content (AvgIpc) is 2.55. The highest BCUT2D eigenvalue weighted by molar-refractivity contribution is 8.00.